The monoisotopic (exact) mass is 361 g/mol. The van der Waals surface area contributed by atoms with Gasteiger partial charge < -0.3 is 15.7 Å². The lowest BCUT2D eigenvalue weighted by Crippen LogP contribution is -2.42. The third-order valence-corrected chi connectivity index (χ3v) is 5.69. The first-order chi connectivity index (χ1) is 10.8. The number of thioether (sulfide) groups is 1. The Balaban J connectivity index is 2.65. The second-order valence-corrected chi connectivity index (χ2v) is 8.30. The van der Waals surface area contributed by atoms with Crippen LogP contribution in [0, 0.1) is 11.3 Å². The summed E-state index contributed by atoms with van der Waals surface area (Å²) in [7, 11) is -3.07. The molecule has 0 aromatic carbocycles. The van der Waals surface area contributed by atoms with Crippen molar-refractivity contribution in [1.82, 2.24) is 10.6 Å². The average molecular weight is 361 g/mol. The minimum absolute atomic E-state index is 0.0463. The lowest BCUT2D eigenvalue weighted by atomic mass is 10.2. The summed E-state index contributed by atoms with van der Waals surface area (Å²) < 4.78 is 22.7. The molecular formula is C13H19N3O5S2. The number of hydrogen-bond acceptors (Lipinski definition) is 7. The molecule has 2 unspecified atom stereocenters. The maximum Gasteiger partial charge on any atom is 0.326 e. The Labute approximate surface area is 139 Å². The first-order valence-electron chi connectivity index (χ1n) is 6.88. The Morgan fingerprint density at radius 1 is 1.52 bits per heavy atom. The van der Waals surface area contributed by atoms with E-state index in [1.807, 2.05) is 6.26 Å². The topological polar surface area (TPSA) is 136 Å². The molecule has 2 atom stereocenters. The summed E-state index contributed by atoms with van der Waals surface area (Å²) in [6.07, 6.45) is 3.62. The number of nitriles is 1. The molecule has 0 aromatic heterocycles. The van der Waals surface area contributed by atoms with Gasteiger partial charge in [-0.2, -0.15) is 17.0 Å². The van der Waals surface area contributed by atoms with Crippen LogP contribution in [-0.4, -0.2) is 61.0 Å². The van der Waals surface area contributed by atoms with E-state index >= 15 is 0 Å². The first kappa shape index (κ1) is 19.3. The largest absolute Gasteiger partial charge is 0.480 e. The molecule has 1 heterocycles. The van der Waals surface area contributed by atoms with Crippen LogP contribution in [0.15, 0.2) is 11.8 Å². The molecule has 1 amide bonds. The number of hydrogen-bond donors (Lipinski definition) is 3. The Morgan fingerprint density at radius 2 is 2.22 bits per heavy atom. The van der Waals surface area contributed by atoms with E-state index in [1.165, 1.54) is 11.8 Å². The van der Waals surface area contributed by atoms with Gasteiger partial charge >= 0.3 is 5.97 Å². The van der Waals surface area contributed by atoms with Crippen LogP contribution >= 0.6 is 11.8 Å². The predicted octanol–water partition coefficient (Wildman–Crippen LogP) is -0.507. The van der Waals surface area contributed by atoms with Crippen LogP contribution < -0.4 is 10.6 Å². The van der Waals surface area contributed by atoms with Gasteiger partial charge in [-0.3, -0.25) is 4.79 Å². The van der Waals surface area contributed by atoms with E-state index < -0.39 is 27.8 Å². The number of rotatable bonds is 8. The highest BCUT2D eigenvalue weighted by molar-refractivity contribution is 7.98. The van der Waals surface area contributed by atoms with E-state index in [2.05, 4.69) is 10.6 Å². The van der Waals surface area contributed by atoms with Crippen molar-refractivity contribution in [3.05, 3.63) is 11.8 Å². The Bertz CT molecular complexity index is 624. The Kier molecular flexibility index (Phi) is 7.38. The first-order valence-corrected chi connectivity index (χ1v) is 10.1. The van der Waals surface area contributed by atoms with Gasteiger partial charge in [0, 0.05) is 12.2 Å². The summed E-state index contributed by atoms with van der Waals surface area (Å²) in [5.74, 6) is -1.38. The zero-order valence-electron chi connectivity index (χ0n) is 12.6. The average Bonchev–Trinajstić information content (AvgIpc) is 2.83. The number of carboxylic acids is 1. The van der Waals surface area contributed by atoms with Gasteiger partial charge in [-0.1, -0.05) is 0 Å². The van der Waals surface area contributed by atoms with Crippen molar-refractivity contribution in [2.45, 2.75) is 24.9 Å². The standard InChI is InChI=1S/C13H19N3O5S2/c1-22-4-2-11(13(18)19)16-12(17)9(6-14)7-15-10-3-5-23(20,21)8-10/h7,10-11,15H,2-5,8H2,1H3,(H,16,17)(H,18,19)/b9-7-. The van der Waals surface area contributed by atoms with Gasteiger partial charge in [-0.15, -0.1) is 0 Å². The molecule has 23 heavy (non-hydrogen) atoms. The molecule has 0 aromatic rings. The number of carbonyl (C=O) groups is 2. The van der Waals surface area contributed by atoms with Crippen LogP contribution in [-0.2, 0) is 19.4 Å². The summed E-state index contributed by atoms with van der Waals surface area (Å²) in [6, 6.07) is 0.271. The number of carboxylic acid groups (broad SMARTS) is 1. The molecule has 1 saturated heterocycles. The molecule has 128 valence electrons. The number of carbonyl (C=O) groups excluding carboxylic acids is 1. The Hall–Kier alpha value is -1.73. The molecule has 0 bridgehead atoms. The summed E-state index contributed by atoms with van der Waals surface area (Å²) >= 11 is 1.45. The SMILES string of the molecule is CSCCC(NC(=O)/C(C#N)=C\NC1CCS(=O)(=O)C1)C(=O)O. The second kappa shape index (κ2) is 8.79. The van der Waals surface area contributed by atoms with Crippen molar-refractivity contribution in [3.8, 4) is 6.07 Å². The van der Waals surface area contributed by atoms with Gasteiger partial charge in [0.1, 0.15) is 17.7 Å². The van der Waals surface area contributed by atoms with Crippen molar-refractivity contribution in [3.63, 3.8) is 0 Å². The molecule has 0 aliphatic carbocycles. The van der Waals surface area contributed by atoms with E-state index in [-0.39, 0.29) is 29.5 Å². The fourth-order valence-corrected chi connectivity index (χ4v) is 4.16. The van der Waals surface area contributed by atoms with Gasteiger partial charge in [0.15, 0.2) is 9.84 Å². The van der Waals surface area contributed by atoms with Crippen LogP contribution in [0.2, 0.25) is 0 Å². The van der Waals surface area contributed by atoms with Crippen molar-refractivity contribution < 1.29 is 23.1 Å². The molecule has 0 spiro atoms. The molecule has 0 saturated carbocycles. The van der Waals surface area contributed by atoms with Gasteiger partial charge in [0.2, 0.25) is 0 Å². The van der Waals surface area contributed by atoms with Crippen LogP contribution in [0.1, 0.15) is 12.8 Å². The van der Waals surface area contributed by atoms with E-state index in [0.29, 0.717) is 12.2 Å². The highest BCUT2D eigenvalue weighted by atomic mass is 32.2. The molecule has 1 rings (SSSR count). The minimum atomic E-state index is -3.07. The maximum absolute atomic E-state index is 12.0. The highest BCUT2D eigenvalue weighted by Gasteiger charge is 2.27. The van der Waals surface area contributed by atoms with Gasteiger partial charge in [0.25, 0.3) is 5.91 Å². The van der Waals surface area contributed by atoms with Crippen LogP contribution in [0.5, 0.6) is 0 Å². The zero-order chi connectivity index (χ0) is 17.5. The maximum atomic E-state index is 12.0. The van der Waals surface area contributed by atoms with Crippen molar-refractivity contribution in [2.24, 2.45) is 0 Å². The lowest BCUT2D eigenvalue weighted by Gasteiger charge is -2.14. The lowest BCUT2D eigenvalue weighted by molar-refractivity contribution is -0.141. The number of nitrogens with zero attached hydrogens (tertiary/aromatic N) is 1. The van der Waals surface area contributed by atoms with Gasteiger partial charge in [-0.25, -0.2) is 13.2 Å². The second-order valence-electron chi connectivity index (χ2n) is 5.08. The van der Waals surface area contributed by atoms with E-state index in [1.54, 1.807) is 6.07 Å². The molecule has 1 aliphatic heterocycles. The zero-order valence-corrected chi connectivity index (χ0v) is 14.2. The van der Waals surface area contributed by atoms with E-state index in [4.69, 9.17) is 10.4 Å². The third kappa shape index (κ3) is 6.50. The molecule has 1 fully saturated rings. The van der Waals surface area contributed by atoms with Crippen molar-refractivity contribution in [2.75, 3.05) is 23.5 Å². The summed E-state index contributed by atoms with van der Waals surface area (Å²) in [4.78, 5) is 23.0. The number of nitrogens with one attached hydrogen (secondary N) is 2. The van der Waals surface area contributed by atoms with Gasteiger partial charge in [-0.05, 0) is 24.9 Å². The molecule has 3 N–H and O–H groups in total. The predicted molar refractivity (Wildman–Crippen MR) is 86.5 cm³/mol. The molecule has 1 aliphatic rings. The molecular weight excluding hydrogens is 342 g/mol. The summed E-state index contributed by atoms with van der Waals surface area (Å²) in [5.41, 5.74) is -0.287. The van der Waals surface area contributed by atoms with E-state index in [9.17, 15) is 18.0 Å². The molecule has 10 heteroatoms. The van der Waals surface area contributed by atoms with Crippen molar-refractivity contribution >= 4 is 33.5 Å². The van der Waals surface area contributed by atoms with E-state index in [0.717, 1.165) is 6.20 Å². The highest BCUT2D eigenvalue weighted by Crippen LogP contribution is 2.11. The summed E-state index contributed by atoms with van der Waals surface area (Å²) in [6.45, 7) is 0. The molecule has 8 nitrogen and oxygen atoms in total. The fraction of sp³-hybridized carbons (Fsp3) is 0.615. The fourth-order valence-electron chi connectivity index (χ4n) is 2.01. The smallest absolute Gasteiger partial charge is 0.326 e. The van der Waals surface area contributed by atoms with Crippen LogP contribution in [0.4, 0.5) is 0 Å². The van der Waals surface area contributed by atoms with Crippen LogP contribution in [0.25, 0.3) is 0 Å². The number of amides is 1. The summed E-state index contributed by atoms with van der Waals surface area (Å²) in [5, 5.41) is 23.1. The minimum Gasteiger partial charge on any atom is -0.480 e. The Morgan fingerprint density at radius 3 is 2.70 bits per heavy atom. The quantitative estimate of drug-likeness (QED) is 0.388. The van der Waals surface area contributed by atoms with Gasteiger partial charge in [0.05, 0.1) is 11.5 Å². The normalized spacial score (nSPS) is 21.2. The van der Waals surface area contributed by atoms with Crippen LogP contribution in [0.3, 0.4) is 0 Å². The number of aliphatic carboxylic acids is 1. The molecule has 0 radical (unpaired) electrons. The third-order valence-electron chi connectivity index (χ3n) is 3.27. The van der Waals surface area contributed by atoms with Crippen molar-refractivity contribution in [1.29, 1.82) is 5.26 Å². The number of sulfone groups is 1.